The monoisotopic (exact) mass is 517 g/mol. The second kappa shape index (κ2) is 11.3. The topological polar surface area (TPSA) is 114 Å². The highest BCUT2D eigenvalue weighted by atomic mass is 32.2. The molecular weight excluding hydrogens is 497 g/mol. The fourth-order valence-corrected chi connectivity index (χ4v) is 4.22. The SMILES string of the molecule is O=C(N/N=C\c1ccc(OC(=O)c2ccccc2F)cc1)c1ccc(NS(=O)(=O)c2ccccc2)cc1. The minimum Gasteiger partial charge on any atom is -0.423 e. The third-order valence-electron chi connectivity index (χ3n) is 5.02. The number of carbonyl (C=O) groups is 2. The number of hydrazone groups is 1. The summed E-state index contributed by atoms with van der Waals surface area (Å²) in [6.45, 7) is 0. The van der Waals surface area contributed by atoms with Crippen LogP contribution in [0, 0.1) is 5.82 Å². The number of carbonyl (C=O) groups excluding carboxylic acids is 2. The number of benzene rings is 4. The second-order valence-electron chi connectivity index (χ2n) is 7.63. The largest absolute Gasteiger partial charge is 0.423 e. The van der Waals surface area contributed by atoms with Crippen molar-refractivity contribution in [1.82, 2.24) is 5.43 Å². The van der Waals surface area contributed by atoms with Crippen LogP contribution in [0.15, 0.2) is 113 Å². The average molecular weight is 518 g/mol. The van der Waals surface area contributed by atoms with Crippen molar-refractivity contribution in [3.05, 3.63) is 126 Å². The molecule has 186 valence electrons. The molecule has 0 aliphatic carbocycles. The number of hydrogen-bond donors (Lipinski definition) is 2. The maximum absolute atomic E-state index is 13.7. The maximum atomic E-state index is 13.7. The molecule has 4 aromatic rings. The van der Waals surface area contributed by atoms with Gasteiger partial charge in [0.2, 0.25) is 0 Å². The summed E-state index contributed by atoms with van der Waals surface area (Å²) in [5.41, 5.74) is 3.40. The standard InChI is InChI=1S/C27H20FN3O5S/c28-25-9-5-4-8-24(25)27(33)36-22-16-10-19(11-17-22)18-29-30-26(32)20-12-14-21(15-13-20)31-37(34,35)23-6-2-1-3-7-23/h1-18,31H,(H,30,32)/b29-18-. The summed E-state index contributed by atoms with van der Waals surface area (Å²) in [5.74, 6) is -1.76. The van der Waals surface area contributed by atoms with Crippen LogP contribution in [0.4, 0.5) is 10.1 Å². The van der Waals surface area contributed by atoms with Crippen molar-refractivity contribution in [1.29, 1.82) is 0 Å². The Hall–Kier alpha value is -4.83. The van der Waals surface area contributed by atoms with Crippen molar-refractivity contribution in [2.24, 2.45) is 5.10 Å². The van der Waals surface area contributed by atoms with E-state index in [4.69, 9.17) is 4.74 Å². The lowest BCUT2D eigenvalue weighted by atomic mass is 10.2. The molecular formula is C27H20FN3O5S. The molecule has 0 atom stereocenters. The number of ether oxygens (including phenoxy) is 1. The molecule has 0 aliphatic rings. The highest BCUT2D eigenvalue weighted by Crippen LogP contribution is 2.17. The van der Waals surface area contributed by atoms with Gasteiger partial charge in [0, 0.05) is 11.3 Å². The molecule has 4 aromatic carbocycles. The zero-order valence-corrected chi connectivity index (χ0v) is 20.0. The lowest BCUT2D eigenvalue weighted by Gasteiger charge is -2.08. The Bertz CT molecular complexity index is 1540. The number of halogens is 1. The number of rotatable bonds is 8. The van der Waals surface area contributed by atoms with Gasteiger partial charge >= 0.3 is 5.97 Å². The van der Waals surface area contributed by atoms with E-state index in [9.17, 15) is 22.4 Å². The van der Waals surface area contributed by atoms with Crippen molar-refractivity contribution in [2.45, 2.75) is 4.90 Å². The number of esters is 1. The van der Waals surface area contributed by atoms with Crippen LogP contribution in [0.25, 0.3) is 0 Å². The van der Waals surface area contributed by atoms with Gasteiger partial charge in [-0.1, -0.05) is 30.3 Å². The van der Waals surface area contributed by atoms with Gasteiger partial charge < -0.3 is 4.74 Å². The minimum atomic E-state index is -3.74. The van der Waals surface area contributed by atoms with Gasteiger partial charge in [0.15, 0.2) is 0 Å². The summed E-state index contributed by atoms with van der Waals surface area (Å²) in [6, 6.07) is 25.6. The van der Waals surface area contributed by atoms with Crippen LogP contribution in [0.2, 0.25) is 0 Å². The van der Waals surface area contributed by atoms with Crippen molar-refractivity contribution < 1.29 is 27.1 Å². The van der Waals surface area contributed by atoms with E-state index in [0.717, 1.165) is 0 Å². The van der Waals surface area contributed by atoms with Crippen molar-refractivity contribution in [3.8, 4) is 5.75 Å². The zero-order chi connectivity index (χ0) is 26.3. The van der Waals surface area contributed by atoms with Gasteiger partial charge in [0.05, 0.1) is 16.7 Å². The number of amides is 1. The first-order valence-electron chi connectivity index (χ1n) is 10.9. The van der Waals surface area contributed by atoms with Crippen molar-refractivity contribution >= 4 is 33.8 Å². The van der Waals surface area contributed by atoms with Gasteiger partial charge in [-0.3, -0.25) is 9.52 Å². The first-order chi connectivity index (χ1) is 17.8. The molecule has 0 heterocycles. The summed E-state index contributed by atoms with van der Waals surface area (Å²) in [7, 11) is -3.74. The van der Waals surface area contributed by atoms with E-state index in [1.807, 2.05) is 0 Å². The lowest BCUT2D eigenvalue weighted by molar-refractivity contribution is 0.0729. The first-order valence-corrected chi connectivity index (χ1v) is 12.4. The molecule has 0 saturated heterocycles. The summed E-state index contributed by atoms with van der Waals surface area (Å²) in [6.07, 6.45) is 1.39. The maximum Gasteiger partial charge on any atom is 0.346 e. The molecule has 0 unspecified atom stereocenters. The molecule has 0 bridgehead atoms. The molecule has 0 fully saturated rings. The van der Waals surface area contributed by atoms with Crippen LogP contribution in [0.3, 0.4) is 0 Å². The van der Waals surface area contributed by atoms with Gasteiger partial charge in [-0.2, -0.15) is 5.10 Å². The fraction of sp³-hybridized carbons (Fsp3) is 0. The average Bonchev–Trinajstić information content (AvgIpc) is 2.90. The van der Waals surface area contributed by atoms with E-state index in [0.29, 0.717) is 11.3 Å². The molecule has 2 N–H and O–H groups in total. The summed E-state index contributed by atoms with van der Waals surface area (Å²) < 4.78 is 46.1. The van der Waals surface area contributed by atoms with Crippen molar-refractivity contribution in [3.63, 3.8) is 0 Å². The van der Waals surface area contributed by atoms with Gasteiger partial charge in [0.25, 0.3) is 15.9 Å². The molecule has 0 spiro atoms. The summed E-state index contributed by atoms with van der Waals surface area (Å²) in [5, 5.41) is 3.90. The Balaban J connectivity index is 1.31. The van der Waals surface area contributed by atoms with Gasteiger partial charge in [-0.15, -0.1) is 0 Å². The third kappa shape index (κ3) is 6.65. The molecule has 0 radical (unpaired) electrons. The van der Waals surface area contributed by atoms with E-state index in [1.165, 1.54) is 79.0 Å². The number of hydrogen-bond acceptors (Lipinski definition) is 6. The van der Waals surface area contributed by atoms with E-state index < -0.39 is 27.7 Å². The third-order valence-corrected chi connectivity index (χ3v) is 6.41. The molecule has 37 heavy (non-hydrogen) atoms. The van der Waals surface area contributed by atoms with Crippen LogP contribution >= 0.6 is 0 Å². The Morgan fingerprint density at radius 1 is 0.811 bits per heavy atom. The predicted octanol–water partition coefficient (Wildman–Crippen LogP) is 4.61. The highest BCUT2D eigenvalue weighted by molar-refractivity contribution is 7.92. The summed E-state index contributed by atoms with van der Waals surface area (Å²) in [4.78, 5) is 24.6. The van der Waals surface area contributed by atoms with Gasteiger partial charge in [-0.05, 0) is 78.4 Å². The molecule has 1 amide bonds. The number of nitrogens with zero attached hydrogens (tertiary/aromatic N) is 1. The second-order valence-corrected chi connectivity index (χ2v) is 9.32. The highest BCUT2D eigenvalue weighted by Gasteiger charge is 2.14. The van der Waals surface area contributed by atoms with E-state index in [2.05, 4.69) is 15.2 Å². The Morgan fingerprint density at radius 3 is 2.14 bits per heavy atom. The van der Waals surface area contributed by atoms with Gasteiger partial charge in [0.1, 0.15) is 11.6 Å². The Kier molecular flexibility index (Phi) is 7.70. The minimum absolute atomic E-state index is 0.127. The number of nitrogens with one attached hydrogen (secondary N) is 2. The molecule has 0 saturated carbocycles. The van der Waals surface area contributed by atoms with Crippen LogP contribution in [-0.4, -0.2) is 26.5 Å². The number of sulfonamides is 1. The molecule has 0 aromatic heterocycles. The number of anilines is 1. The van der Waals surface area contributed by atoms with Crippen LogP contribution < -0.4 is 14.9 Å². The quantitative estimate of drug-likeness (QED) is 0.153. The normalized spacial score (nSPS) is 11.2. The molecule has 4 rings (SSSR count). The van der Waals surface area contributed by atoms with Crippen molar-refractivity contribution in [2.75, 3.05) is 4.72 Å². The summed E-state index contributed by atoms with van der Waals surface area (Å²) >= 11 is 0. The molecule has 10 heteroatoms. The first kappa shape index (κ1) is 25.3. The molecule has 0 aliphatic heterocycles. The van der Waals surface area contributed by atoms with Crippen LogP contribution in [-0.2, 0) is 10.0 Å². The van der Waals surface area contributed by atoms with E-state index in [-0.39, 0.29) is 21.8 Å². The molecule has 8 nitrogen and oxygen atoms in total. The predicted molar refractivity (Wildman–Crippen MR) is 137 cm³/mol. The van der Waals surface area contributed by atoms with Crippen LogP contribution in [0.1, 0.15) is 26.3 Å². The van der Waals surface area contributed by atoms with E-state index >= 15 is 0 Å². The lowest BCUT2D eigenvalue weighted by Crippen LogP contribution is -2.18. The zero-order valence-electron chi connectivity index (χ0n) is 19.2. The van der Waals surface area contributed by atoms with Gasteiger partial charge in [-0.25, -0.2) is 23.0 Å². The smallest absolute Gasteiger partial charge is 0.346 e. The Morgan fingerprint density at radius 2 is 1.46 bits per heavy atom. The van der Waals surface area contributed by atoms with Crippen LogP contribution in [0.5, 0.6) is 5.75 Å². The van der Waals surface area contributed by atoms with E-state index in [1.54, 1.807) is 30.3 Å². The fourth-order valence-electron chi connectivity index (χ4n) is 3.14. The Labute approximate surface area is 212 Å².